The number of Topliss-reactive ketones (excluding diaryl/α,β-unsaturated/α-hetero) is 1. The number of aliphatic hydroxyl groups is 1. The zero-order chi connectivity index (χ0) is 19.0. The van der Waals surface area contributed by atoms with Gasteiger partial charge in [0.15, 0.2) is 5.13 Å². The number of anilines is 1. The topological polar surface area (TPSA) is 70.5 Å². The molecule has 7 heteroatoms. The van der Waals surface area contributed by atoms with Crippen LogP contribution >= 0.6 is 27.3 Å². The van der Waals surface area contributed by atoms with Gasteiger partial charge < -0.3 is 5.11 Å². The number of carbonyl (C=O) groups is 2. The van der Waals surface area contributed by atoms with Crippen molar-refractivity contribution < 1.29 is 14.7 Å². The second-order valence-electron chi connectivity index (χ2n) is 5.90. The molecule has 2 aromatic carbocycles. The van der Waals surface area contributed by atoms with E-state index in [1.165, 1.54) is 16.2 Å². The zero-order valence-corrected chi connectivity index (χ0v) is 16.3. The van der Waals surface area contributed by atoms with Crippen molar-refractivity contribution in [2.75, 3.05) is 4.90 Å². The van der Waals surface area contributed by atoms with Crippen LogP contribution in [0.1, 0.15) is 17.2 Å². The van der Waals surface area contributed by atoms with E-state index in [1.807, 2.05) is 30.3 Å². The average Bonchev–Trinajstić information content (AvgIpc) is 3.30. The quantitative estimate of drug-likeness (QED) is 0.368. The molecule has 0 saturated carbocycles. The molecule has 2 heterocycles. The van der Waals surface area contributed by atoms with Crippen LogP contribution in [-0.2, 0) is 9.59 Å². The van der Waals surface area contributed by atoms with Crippen LogP contribution in [0.4, 0.5) is 5.13 Å². The van der Waals surface area contributed by atoms with Crippen LogP contribution in [0.15, 0.2) is 76.2 Å². The standard InChI is InChI=1S/C20H13BrN2O3S/c21-14-8-6-12(7-9-14)16-15(17(24)13-4-2-1-3-5-13)18(25)19(26)23(16)20-22-10-11-27-20/h1-11,16,24H/t16-/m0/s1. The first-order valence-electron chi connectivity index (χ1n) is 8.09. The lowest BCUT2D eigenvalue weighted by Gasteiger charge is -2.23. The van der Waals surface area contributed by atoms with Crippen molar-refractivity contribution in [3.63, 3.8) is 0 Å². The maximum absolute atomic E-state index is 12.8. The molecule has 1 aliphatic heterocycles. The first-order valence-corrected chi connectivity index (χ1v) is 9.76. The number of thiazole rings is 1. The van der Waals surface area contributed by atoms with Gasteiger partial charge in [0, 0.05) is 21.6 Å². The maximum atomic E-state index is 12.8. The van der Waals surface area contributed by atoms with Crippen molar-refractivity contribution in [1.82, 2.24) is 4.98 Å². The van der Waals surface area contributed by atoms with E-state index >= 15 is 0 Å². The van der Waals surface area contributed by atoms with E-state index in [1.54, 1.807) is 35.8 Å². The molecular weight excluding hydrogens is 428 g/mol. The summed E-state index contributed by atoms with van der Waals surface area (Å²) >= 11 is 4.66. The second-order valence-corrected chi connectivity index (χ2v) is 7.69. The fraction of sp³-hybridized carbons (Fsp3) is 0.0500. The minimum Gasteiger partial charge on any atom is -0.507 e. The number of benzene rings is 2. The minimum absolute atomic E-state index is 0.0590. The number of halogens is 1. The van der Waals surface area contributed by atoms with Crippen LogP contribution in [0.25, 0.3) is 5.76 Å². The molecule has 1 atom stereocenters. The second kappa shape index (κ2) is 7.09. The van der Waals surface area contributed by atoms with Crippen LogP contribution in [0, 0.1) is 0 Å². The van der Waals surface area contributed by atoms with Crippen LogP contribution in [0.5, 0.6) is 0 Å². The summed E-state index contributed by atoms with van der Waals surface area (Å²) < 4.78 is 0.875. The molecule has 0 aliphatic carbocycles. The SMILES string of the molecule is O=C1C(=O)N(c2nccs2)[C@@H](c2ccc(Br)cc2)C1=C(O)c1ccccc1. The van der Waals surface area contributed by atoms with Crippen LogP contribution in [0.3, 0.4) is 0 Å². The monoisotopic (exact) mass is 440 g/mol. The fourth-order valence-corrected chi connectivity index (χ4v) is 4.01. The molecule has 0 spiro atoms. The van der Waals surface area contributed by atoms with E-state index in [9.17, 15) is 14.7 Å². The number of hydrogen-bond donors (Lipinski definition) is 1. The lowest BCUT2D eigenvalue weighted by atomic mass is 9.95. The summed E-state index contributed by atoms with van der Waals surface area (Å²) in [4.78, 5) is 31.2. The van der Waals surface area contributed by atoms with Crippen molar-refractivity contribution in [3.05, 3.63) is 87.3 Å². The number of carbonyl (C=O) groups excluding carboxylic acids is 2. The van der Waals surface area contributed by atoms with Crippen LogP contribution in [-0.4, -0.2) is 21.8 Å². The molecule has 1 N–H and O–H groups in total. The molecule has 27 heavy (non-hydrogen) atoms. The van der Waals surface area contributed by atoms with E-state index in [4.69, 9.17) is 0 Å². The highest BCUT2D eigenvalue weighted by Gasteiger charge is 2.47. The first-order chi connectivity index (χ1) is 13.1. The van der Waals surface area contributed by atoms with Gasteiger partial charge in [0.1, 0.15) is 5.76 Å². The molecule has 3 aromatic rings. The maximum Gasteiger partial charge on any atom is 0.301 e. The van der Waals surface area contributed by atoms with Gasteiger partial charge in [-0.2, -0.15) is 0 Å². The number of nitrogens with zero attached hydrogens (tertiary/aromatic N) is 2. The largest absolute Gasteiger partial charge is 0.507 e. The third kappa shape index (κ3) is 3.09. The normalized spacial score (nSPS) is 18.9. The van der Waals surface area contributed by atoms with Gasteiger partial charge in [-0.3, -0.25) is 14.5 Å². The van der Waals surface area contributed by atoms with Gasteiger partial charge in [0.2, 0.25) is 0 Å². The lowest BCUT2D eigenvalue weighted by Crippen LogP contribution is -2.29. The molecule has 1 aromatic heterocycles. The fourth-order valence-electron chi connectivity index (χ4n) is 3.08. The molecule has 1 aliphatic rings. The lowest BCUT2D eigenvalue weighted by molar-refractivity contribution is -0.132. The van der Waals surface area contributed by atoms with Gasteiger partial charge in [0.25, 0.3) is 5.78 Å². The van der Waals surface area contributed by atoms with Crippen molar-refractivity contribution in [2.24, 2.45) is 0 Å². The molecule has 4 rings (SSSR count). The molecule has 0 unspecified atom stereocenters. The number of amides is 1. The highest BCUT2D eigenvalue weighted by atomic mass is 79.9. The predicted molar refractivity (Wildman–Crippen MR) is 107 cm³/mol. The Kier molecular flexibility index (Phi) is 4.63. The van der Waals surface area contributed by atoms with Crippen LogP contribution < -0.4 is 4.90 Å². The van der Waals surface area contributed by atoms with Gasteiger partial charge in [-0.15, -0.1) is 11.3 Å². The number of rotatable bonds is 3. The number of aliphatic hydroxyl groups excluding tert-OH is 1. The number of aromatic nitrogens is 1. The van der Waals surface area contributed by atoms with Gasteiger partial charge in [0.05, 0.1) is 11.6 Å². The highest BCUT2D eigenvalue weighted by Crippen LogP contribution is 2.42. The third-order valence-corrected chi connectivity index (χ3v) is 5.60. The summed E-state index contributed by atoms with van der Waals surface area (Å²) in [6.45, 7) is 0. The summed E-state index contributed by atoms with van der Waals surface area (Å²) in [7, 11) is 0. The Morgan fingerprint density at radius 1 is 1.07 bits per heavy atom. The average molecular weight is 441 g/mol. The Labute approximate surface area is 167 Å². The van der Waals surface area contributed by atoms with Crippen molar-refractivity contribution in [1.29, 1.82) is 0 Å². The van der Waals surface area contributed by atoms with Crippen molar-refractivity contribution >= 4 is 49.8 Å². The van der Waals surface area contributed by atoms with Crippen molar-refractivity contribution in [3.8, 4) is 0 Å². The highest BCUT2D eigenvalue weighted by molar-refractivity contribution is 9.10. The Morgan fingerprint density at radius 2 is 1.78 bits per heavy atom. The van der Waals surface area contributed by atoms with Crippen molar-refractivity contribution in [2.45, 2.75) is 6.04 Å². The van der Waals surface area contributed by atoms with E-state index in [-0.39, 0.29) is 11.3 Å². The first kappa shape index (κ1) is 17.6. The Balaban J connectivity index is 1.94. The minimum atomic E-state index is -0.746. The Morgan fingerprint density at radius 3 is 2.41 bits per heavy atom. The van der Waals surface area contributed by atoms with E-state index in [0.717, 1.165) is 4.47 Å². The number of ketones is 1. The summed E-state index contributed by atoms with van der Waals surface area (Å²) in [5, 5.41) is 13.0. The molecule has 0 radical (unpaired) electrons. The summed E-state index contributed by atoms with van der Waals surface area (Å²) in [5.41, 5.74) is 1.26. The summed E-state index contributed by atoms with van der Waals surface area (Å²) in [6, 6.07) is 15.3. The predicted octanol–water partition coefficient (Wildman–Crippen LogP) is 4.53. The van der Waals surface area contributed by atoms with Gasteiger partial charge in [-0.25, -0.2) is 4.98 Å². The van der Waals surface area contributed by atoms with E-state index < -0.39 is 17.7 Å². The van der Waals surface area contributed by atoms with Gasteiger partial charge in [-0.1, -0.05) is 58.4 Å². The van der Waals surface area contributed by atoms with Crippen LogP contribution in [0.2, 0.25) is 0 Å². The molecule has 1 saturated heterocycles. The summed E-state index contributed by atoms with van der Waals surface area (Å²) in [6.07, 6.45) is 1.58. The Hall–Kier alpha value is -2.77. The Bertz CT molecular complexity index is 1030. The third-order valence-electron chi connectivity index (χ3n) is 4.30. The van der Waals surface area contributed by atoms with E-state index in [2.05, 4.69) is 20.9 Å². The molecule has 134 valence electrons. The van der Waals surface area contributed by atoms with Gasteiger partial charge >= 0.3 is 5.91 Å². The van der Waals surface area contributed by atoms with E-state index in [0.29, 0.717) is 16.3 Å². The molecule has 5 nitrogen and oxygen atoms in total. The molecule has 1 amide bonds. The van der Waals surface area contributed by atoms with Gasteiger partial charge in [-0.05, 0) is 17.7 Å². The molecular formula is C20H13BrN2O3S. The zero-order valence-electron chi connectivity index (χ0n) is 13.9. The number of hydrogen-bond acceptors (Lipinski definition) is 5. The smallest absolute Gasteiger partial charge is 0.301 e. The molecule has 1 fully saturated rings. The summed E-state index contributed by atoms with van der Waals surface area (Å²) in [5.74, 6) is -1.62. The molecule has 0 bridgehead atoms.